The second kappa shape index (κ2) is 6.50. The zero-order chi connectivity index (χ0) is 15.3. The number of carbonyl (C=O) groups excluding carboxylic acids is 2. The number of hydrogen-bond acceptors (Lipinski definition) is 3. The van der Waals surface area contributed by atoms with E-state index in [1.807, 2.05) is 0 Å². The fourth-order valence-electron chi connectivity index (χ4n) is 1.46. The molecule has 0 aromatic heterocycles. The van der Waals surface area contributed by atoms with Gasteiger partial charge in [-0.05, 0) is 19.1 Å². The number of nitrogens with one attached hydrogen (secondary N) is 3. The number of carbonyl (C=O) groups is 3. The van der Waals surface area contributed by atoms with E-state index in [9.17, 15) is 18.8 Å². The van der Waals surface area contributed by atoms with Crippen molar-refractivity contribution in [2.75, 3.05) is 12.4 Å². The van der Waals surface area contributed by atoms with Gasteiger partial charge in [-0.1, -0.05) is 6.07 Å². The quantitative estimate of drug-likeness (QED) is 0.655. The number of amides is 3. The first-order valence-electron chi connectivity index (χ1n) is 5.67. The molecule has 20 heavy (non-hydrogen) atoms. The van der Waals surface area contributed by atoms with Crippen LogP contribution in [0.25, 0.3) is 0 Å². The van der Waals surface area contributed by atoms with Crippen LogP contribution in [0.4, 0.5) is 14.9 Å². The van der Waals surface area contributed by atoms with Crippen LogP contribution in [0.5, 0.6) is 0 Å². The van der Waals surface area contributed by atoms with Crippen molar-refractivity contribution in [3.8, 4) is 0 Å². The van der Waals surface area contributed by atoms with Gasteiger partial charge in [0, 0.05) is 7.05 Å². The van der Waals surface area contributed by atoms with Crippen LogP contribution >= 0.6 is 0 Å². The van der Waals surface area contributed by atoms with Crippen LogP contribution in [-0.2, 0) is 4.79 Å². The SMILES string of the molecule is CNC(=O)C(C)NC(=O)Nc1c(F)cccc1C(=O)O. The fourth-order valence-corrected chi connectivity index (χ4v) is 1.46. The van der Waals surface area contributed by atoms with Gasteiger partial charge >= 0.3 is 12.0 Å². The van der Waals surface area contributed by atoms with Gasteiger partial charge in [0.25, 0.3) is 0 Å². The van der Waals surface area contributed by atoms with E-state index in [-0.39, 0.29) is 5.56 Å². The molecule has 1 unspecified atom stereocenters. The molecule has 1 aromatic rings. The van der Waals surface area contributed by atoms with E-state index in [0.717, 1.165) is 12.1 Å². The lowest BCUT2D eigenvalue weighted by Gasteiger charge is -2.14. The number of carboxylic acid groups (broad SMARTS) is 1. The van der Waals surface area contributed by atoms with Gasteiger partial charge in [0.1, 0.15) is 11.9 Å². The molecule has 108 valence electrons. The molecule has 7 nitrogen and oxygen atoms in total. The molecule has 8 heteroatoms. The van der Waals surface area contributed by atoms with Crippen LogP contribution < -0.4 is 16.0 Å². The summed E-state index contributed by atoms with van der Waals surface area (Å²) in [5.74, 6) is -2.70. The average molecular weight is 283 g/mol. The first-order chi connectivity index (χ1) is 9.36. The lowest BCUT2D eigenvalue weighted by Crippen LogP contribution is -2.45. The monoisotopic (exact) mass is 283 g/mol. The van der Waals surface area contributed by atoms with Gasteiger partial charge in [0.2, 0.25) is 5.91 Å². The molecular formula is C12H14FN3O4. The van der Waals surface area contributed by atoms with E-state index in [4.69, 9.17) is 5.11 Å². The molecule has 1 aromatic carbocycles. The van der Waals surface area contributed by atoms with E-state index >= 15 is 0 Å². The van der Waals surface area contributed by atoms with E-state index in [0.29, 0.717) is 0 Å². The van der Waals surface area contributed by atoms with Crippen molar-refractivity contribution in [3.05, 3.63) is 29.6 Å². The second-order valence-corrected chi connectivity index (χ2v) is 3.90. The van der Waals surface area contributed by atoms with Crippen molar-refractivity contribution in [3.63, 3.8) is 0 Å². The number of urea groups is 1. The highest BCUT2D eigenvalue weighted by molar-refractivity contribution is 6.01. The zero-order valence-corrected chi connectivity index (χ0v) is 10.9. The van der Waals surface area contributed by atoms with Crippen LogP contribution in [-0.4, -0.2) is 36.1 Å². The highest BCUT2D eigenvalue weighted by Gasteiger charge is 2.19. The Labute approximate surface area is 114 Å². The van der Waals surface area contributed by atoms with Gasteiger partial charge in [-0.15, -0.1) is 0 Å². The molecule has 0 saturated heterocycles. The minimum atomic E-state index is -1.38. The van der Waals surface area contributed by atoms with Crippen molar-refractivity contribution >= 4 is 23.6 Å². The number of carboxylic acids is 1. The molecule has 0 fully saturated rings. The van der Waals surface area contributed by atoms with Crippen molar-refractivity contribution in [2.45, 2.75) is 13.0 Å². The predicted molar refractivity (Wildman–Crippen MR) is 69.0 cm³/mol. The van der Waals surface area contributed by atoms with Crippen molar-refractivity contribution in [1.82, 2.24) is 10.6 Å². The molecule has 0 aliphatic carbocycles. The fraction of sp³-hybridized carbons (Fsp3) is 0.250. The number of rotatable bonds is 4. The van der Waals surface area contributed by atoms with E-state index < -0.39 is 35.5 Å². The standard InChI is InChI=1S/C12H14FN3O4/c1-6(10(17)14-2)15-12(20)16-9-7(11(18)19)4-3-5-8(9)13/h3-6H,1-2H3,(H,14,17)(H,18,19)(H2,15,16,20). The Morgan fingerprint density at radius 1 is 1.30 bits per heavy atom. The molecule has 0 radical (unpaired) electrons. The molecule has 4 N–H and O–H groups in total. The van der Waals surface area contributed by atoms with Gasteiger partial charge in [0.15, 0.2) is 0 Å². The molecule has 0 spiro atoms. The smallest absolute Gasteiger partial charge is 0.337 e. The van der Waals surface area contributed by atoms with E-state index in [2.05, 4.69) is 16.0 Å². The highest BCUT2D eigenvalue weighted by atomic mass is 19.1. The molecule has 0 bridgehead atoms. The predicted octanol–water partition coefficient (Wildman–Crippen LogP) is 0.780. The highest BCUT2D eigenvalue weighted by Crippen LogP contribution is 2.19. The first kappa shape index (κ1) is 15.4. The minimum Gasteiger partial charge on any atom is -0.478 e. The largest absolute Gasteiger partial charge is 0.478 e. The van der Waals surface area contributed by atoms with Crippen LogP contribution in [0.15, 0.2) is 18.2 Å². The normalized spacial score (nSPS) is 11.3. The Balaban J connectivity index is 2.86. The molecule has 0 heterocycles. The van der Waals surface area contributed by atoms with Crippen molar-refractivity contribution < 1.29 is 23.9 Å². The Bertz CT molecular complexity index is 548. The maximum absolute atomic E-state index is 13.5. The second-order valence-electron chi connectivity index (χ2n) is 3.90. The summed E-state index contributed by atoms with van der Waals surface area (Å²) in [7, 11) is 1.40. The lowest BCUT2D eigenvalue weighted by atomic mass is 10.1. The molecule has 1 rings (SSSR count). The number of halogens is 1. The third kappa shape index (κ3) is 3.67. The van der Waals surface area contributed by atoms with Gasteiger partial charge in [-0.25, -0.2) is 14.0 Å². The van der Waals surface area contributed by atoms with Gasteiger partial charge in [0.05, 0.1) is 11.3 Å². The summed E-state index contributed by atoms with van der Waals surface area (Å²) >= 11 is 0. The summed E-state index contributed by atoms with van der Waals surface area (Å²) < 4.78 is 13.5. The summed E-state index contributed by atoms with van der Waals surface area (Å²) in [6.45, 7) is 1.43. The van der Waals surface area contributed by atoms with E-state index in [1.165, 1.54) is 20.0 Å². The maximum Gasteiger partial charge on any atom is 0.337 e. The van der Waals surface area contributed by atoms with Crippen LogP contribution in [0.3, 0.4) is 0 Å². The lowest BCUT2D eigenvalue weighted by molar-refractivity contribution is -0.122. The number of benzene rings is 1. The Morgan fingerprint density at radius 3 is 2.50 bits per heavy atom. The van der Waals surface area contributed by atoms with Gasteiger partial charge < -0.3 is 21.1 Å². The summed E-state index contributed by atoms with van der Waals surface area (Å²) in [4.78, 5) is 33.8. The van der Waals surface area contributed by atoms with Crippen LogP contribution in [0, 0.1) is 5.82 Å². The molecular weight excluding hydrogens is 269 g/mol. The van der Waals surface area contributed by atoms with Crippen LogP contribution in [0.2, 0.25) is 0 Å². The topological polar surface area (TPSA) is 108 Å². The average Bonchev–Trinajstić information content (AvgIpc) is 2.39. The number of likely N-dealkylation sites (N-methyl/N-ethyl adjacent to an activating group) is 1. The number of para-hydroxylation sites is 1. The third-order valence-corrected chi connectivity index (χ3v) is 2.47. The number of anilines is 1. The number of hydrogen-bond donors (Lipinski definition) is 4. The molecule has 1 atom stereocenters. The van der Waals surface area contributed by atoms with Crippen molar-refractivity contribution in [2.24, 2.45) is 0 Å². The number of aromatic carboxylic acids is 1. The third-order valence-electron chi connectivity index (χ3n) is 2.47. The molecule has 3 amide bonds. The summed E-state index contributed by atoms with van der Waals surface area (Å²) in [6.07, 6.45) is 0. The Hall–Kier alpha value is -2.64. The molecule has 0 aliphatic heterocycles. The van der Waals surface area contributed by atoms with Crippen LogP contribution in [0.1, 0.15) is 17.3 Å². The Kier molecular flexibility index (Phi) is 5.01. The minimum absolute atomic E-state index is 0.382. The van der Waals surface area contributed by atoms with E-state index in [1.54, 1.807) is 0 Å². The molecule has 0 saturated carbocycles. The Morgan fingerprint density at radius 2 is 1.95 bits per heavy atom. The summed E-state index contributed by atoms with van der Waals surface area (Å²) in [5.41, 5.74) is -0.839. The molecule has 0 aliphatic rings. The van der Waals surface area contributed by atoms with Gasteiger partial charge in [-0.2, -0.15) is 0 Å². The first-order valence-corrected chi connectivity index (χ1v) is 5.67. The summed E-state index contributed by atoms with van der Waals surface area (Å²) in [6, 6.07) is 1.66. The zero-order valence-electron chi connectivity index (χ0n) is 10.9. The van der Waals surface area contributed by atoms with Gasteiger partial charge in [-0.3, -0.25) is 4.79 Å². The van der Waals surface area contributed by atoms with Crippen molar-refractivity contribution in [1.29, 1.82) is 0 Å². The summed E-state index contributed by atoms with van der Waals surface area (Å²) in [5, 5.41) is 15.6. The maximum atomic E-state index is 13.5.